The average Bonchev–Trinajstić information content (AvgIpc) is 2.37. The SMILES string of the molecule is CNCCC(C)(O)C1CCOC2(CCOCC2)C1. The van der Waals surface area contributed by atoms with Gasteiger partial charge in [0, 0.05) is 19.8 Å². The van der Waals surface area contributed by atoms with E-state index in [9.17, 15) is 5.11 Å². The Hall–Kier alpha value is -0.160. The maximum atomic E-state index is 10.7. The van der Waals surface area contributed by atoms with Crippen LogP contribution in [0.4, 0.5) is 0 Å². The Balaban J connectivity index is 1.96. The summed E-state index contributed by atoms with van der Waals surface area (Å²) in [5.74, 6) is 0.345. The van der Waals surface area contributed by atoms with Gasteiger partial charge in [-0.1, -0.05) is 0 Å². The average molecular weight is 257 g/mol. The molecule has 2 heterocycles. The highest BCUT2D eigenvalue weighted by molar-refractivity contribution is 4.95. The maximum Gasteiger partial charge on any atom is 0.0730 e. The molecule has 4 heteroatoms. The molecule has 0 aromatic rings. The van der Waals surface area contributed by atoms with Crippen LogP contribution in [0.15, 0.2) is 0 Å². The minimum Gasteiger partial charge on any atom is -0.390 e. The van der Waals surface area contributed by atoms with E-state index in [-0.39, 0.29) is 5.60 Å². The first kappa shape index (κ1) is 14.3. The van der Waals surface area contributed by atoms with Crippen molar-refractivity contribution < 1.29 is 14.6 Å². The standard InChI is InChI=1S/C14H27NO3/c1-13(16,4-7-15-2)12-3-8-18-14(11-12)5-9-17-10-6-14/h12,15-16H,3-11H2,1-2H3. The molecule has 2 rings (SSSR count). The summed E-state index contributed by atoms with van der Waals surface area (Å²) >= 11 is 0. The molecule has 2 unspecified atom stereocenters. The molecule has 4 nitrogen and oxygen atoms in total. The van der Waals surface area contributed by atoms with Gasteiger partial charge in [0.25, 0.3) is 0 Å². The maximum absolute atomic E-state index is 10.7. The van der Waals surface area contributed by atoms with Crippen molar-refractivity contribution in [1.29, 1.82) is 0 Å². The third kappa shape index (κ3) is 3.23. The van der Waals surface area contributed by atoms with Crippen molar-refractivity contribution in [2.24, 2.45) is 5.92 Å². The lowest BCUT2D eigenvalue weighted by Gasteiger charge is -2.47. The van der Waals surface area contributed by atoms with Crippen LogP contribution in [0.2, 0.25) is 0 Å². The summed E-state index contributed by atoms with van der Waals surface area (Å²) in [5, 5.41) is 13.8. The molecule has 2 aliphatic rings. The molecule has 0 aliphatic carbocycles. The molecule has 18 heavy (non-hydrogen) atoms. The van der Waals surface area contributed by atoms with Crippen molar-refractivity contribution >= 4 is 0 Å². The van der Waals surface area contributed by atoms with Gasteiger partial charge in [-0.05, 0) is 58.5 Å². The second kappa shape index (κ2) is 5.87. The highest BCUT2D eigenvalue weighted by atomic mass is 16.5. The predicted octanol–water partition coefficient (Wildman–Crippen LogP) is 1.32. The molecule has 2 atom stereocenters. The highest BCUT2D eigenvalue weighted by Gasteiger charge is 2.44. The lowest BCUT2D eigenvalue weighted by molar-refractivity contribution is -0.173. The van der Waals surface area contributed by atoms with Gasteiger partial charge in [-0.25, -0.2) is 0 Å². The Morgan fingerprint density at radius 1 is 1.33 bits per heavy atom. The number of hydrogen-bond acceptors (Lipinski definition) is 4. The van der Waals surface area contributed by atoms with E-state index in [1.165, 1.54) is 0 Å². The second-order valence-corrected chi connectivity index (χ2v) is 6.04. The zero-order chi connectivity index (χ0) is 13.1. The van der Waals surface area contributed by atoms with Gasteiger partial charge in [-0.3, -0.25) is 0 Å². The van der Waals surface area contributed by atoms with Crippen LogP contribution in [0.1, 0.15) is 39.0 Å². The van der Waals surface area contributed by atoms with Crippen molar-refractivity contribution in [2.75, 3.05) is 33.4 Å². The van der Waals surface area contributed by atoms with Crippen molar-refractivity contribution in [3.63, 3.8) is 0 Å². The minimum absolute atomic E-state index is 0.0230. The summed E-state index contributed by atoms with van der Waals surface area (Å²) in [7, 11) is 1.93. The number of rotatable bonds is 4. The zero-order valence-electron chi connectivity index (χ0n) is 11.7. The van der Waals surface area contributed by atoms with E-state index in [4.69, 9.17) is 9.47 Å². The van der Waals surface area contributed by atoms with E-state index in [2.05, 4.69) is 5.32 Å². The van der Waals surface area contributed by atoms with Crippen LogP contribution >= 0.6 is 0 Å². The van der Waals surface area contributed by atoms with Crippen molar-refractivity contribution in [3.05, 3.63) is 0 Å². The second-order valence-electron chi connectivity index (χ2n) is 6.04. The molecule has 106 valence electrons. The van der Waals surface area contributed by atoms with Crippen molar-refractivity contribution in [3.8, 4) is 0 Å². The van der Waals surface area contributed by atoms with Gasteiger partial charge in [-0.15, -0.1) is 0 Å². The monoisotopic (exact) mass is 257 g/mol. The Kier molecular flexibility index (Phi) is 4.64. The fraction of sp³-hybridized carbons (Fsp3) is 1.00. The summed E-state index contributed by atoms with van der Waals surface area (Å²) in [5.41, 5.74) is -0.608. The van der Waals surface area contributed by atoms with Gasteiger partial charge >= 0.3 is 0 Å². The molecule has 2 N–H and O–H groups in total. The number of ether oxygens (including phenoxy) is 2. The number of nitrogens with one attached hydrogen (secondary N) is 1. The Labute approximate surface area is 110 Å². The van der Waals surface area contributed by atoms with Gasteiger partial charge in [0.1, 0.15) is 0 Å². The summed E-state index contributed by atoms with van der Waals surface area (Å²) in [6, 6.07) is 0. The zero-order valence-corrected chi connectivity index (χ0v) is 11.7. The first-order valence-corrected chi connectivity index (χ1v) is 7.17. The Morgan fingerprint density at radius 3 is 2.72 bits per heavy atom. The largest absolute Gasteiger partial charge is 0.390 e. The number of aliphatic hydroxyl groups is 1. The van der Waals surface area contributed by atoms with E-state index < -0.39 is 5.60 Å². The van der Waals surface area contributed by atoms with E-state index in [0.717, 1.165) is 58.5 Å². The van der Waals surface area contributed by atoms with E-state index in [1.807, 2.05) is 14.0 Å². The Bertz CT molecular complexity index is 256. The molecule has 0 amide bonds. The first-order chi connectivity index (χ1) is 8.58. The highest BCUT2D eigenvalue weighted by Crippen LogP contribution is 2.41. The van der Waals surface area contributed by atoms with Gasteiger partial charge in [0.2, 0.25) is 0 Å². The van der Waals surface area contributed by atoms with Gasteiger partial charge in [0.15, 0.2) is 0 Å². The topological polar surface area (TPSA) is 50.7 Å². The fourth-order valence-corrected chi connectivity index (χ4v) is 3.23. The van der Waals surface area contributed by atoms with E-state index in [1.54, 1.807) is 0 Å². The molecular formula is C14H27NO3. The molecule has 1 spiro atoms. The summed E-state index contributed by atoms with van der Waals surface area (Å²) in [4.78, 5) is 0. The van der Waals surface area contributed by atoms with Gasteiger partial charge in [-0.2, -0.15) is 0 Å². The lowest BCUT2D eigenvalue weighted by atomic mass is 9.73. The smallest absolute Gasteiger partial charge is 0.0730 e. The molecule has 0 aromatic heterocycles. The summed E-state index contributed by atoms with van der Waals surface area (Å²) < 4.78 is 11.5. The summed E-state index contributed by atoms with van der Waals surface area (Å²) in [6.45, 7) is 5.21. The Morgan fingerprint density at radius 2 is 2.06 bits per heavy atom. The molecule has 0 aromatic carbocycles. The summed E-state index contributed by atoms with van der Waals surface area (Å²) in [6.07, 6.45) is 4.71. The third-order valence-electron chi connectivity index (χ3n) is 4.66. The van der Waals surface area contributed by atoms with Gasteiger partial charge < -0.3 is 19.9 Å². The molecule has 0 radical (unpaired) electrons. The van der Waals surface area contributed by atoms with Crippen LogP contribution < -0.4 is 5.32 Å². The predicted molar refractivity (Wildman–Crippen MR) is 70.6 cm³/mol. The molecular weight excluding hydrogens is 230 g/mol. The van der Waals surface area contributed by atoms with Crippen molar-refractivity contribution in [1.82, 2.24) is 5.32 Å². The van der Waals surface area contributed by atoms with Crippen LogP contribution in [-0.2, 0) is 9.47 Å². The lowest BCUT2D eigenvalue weighted by Crippen LogP contribution is -2.50. The van der Waals surface area contributed by atoms with Crippen LogP contribution in [0, 0.1) is 5.92 Å². The van der Waals surface area contributed by atoms with Crippen LogP contribution in [-0.4, -0.2) is 49.7 Å². The quantitative estimate of drug-likeness (QED) is 0.797. The molecule has 2 saturated heterocycles. The van der Waals surface area contributed by atoms with E-state index >= 15 is 0 Å². The molecule has 0 bridgehead atoms. The third-order valence-corrected chi connectivity index (χ3v) is 4.66. The normalized spacial score (nSPS) is 31.2. The first-order valence-electron chi connectivity index (χ1n) is 7.17. The molecule has 2 fully saturated rings. The van der Waals surface area contributed by atoms with Crippen LogP contribution in [0.3, 0.4) is 0 Å². The molecule has 2 aliphatic heterocycles. The van der Waals surface area contributed by atoms with Crippen LogP contribution in [0.25, 0.3) is 0 Å². The number of hydrogen-bond donors (Lipinski definition) is 2. The van der Waals surface area contributed by atoms with Gasteiger partial charge in [0.05, 0.1) is 11.2 Å². The molecule has 0 saturated carbocycles. The minimum atomic E-state index is -0.585. The van der Waals surface area contributed by atoms with Crippen LogP contribution in [0.5, 0.6) is 0 Å². The fourth-order valence-electron chi connectivity index (χ4n) is 3.23. The van der Waals surface area contributed by atoms with Crippen molar-refractivity contribution in [2.45, 2.75) is 50.2 Å². The van der Waals surface area contributed by atoms with E-state index in [0.29, 0.717) is 5.92 Å².